The molecule has 0 saturated carbocycles. The average Bonchev–Trinajstić information content (AvgIpc) is 2.83. The average molecular weight is 389 g/mol. The Kier molecular flexibility index (Phi) is 4.73. The van der Waals surface area contributed by atoms with Crippen LogP contribution in [0.4, 0.5) is 18.0 Å². The zero-order valence-corrected chi connectivity index (χ0v) is 16.1. The van der Waals surface area contributed by atoms with Crippen molar-refractivity contribution in [3.05, 3.63) is 17.0 Å². The van der Waals surface area contributed by atoms with Crippen LogP contribution < -0.4 is 0 Å². The van der Waals surface area contributed by atoms with Crippen molar-refractivity contribution in [3.63, 3.8) is 0 Å². The van der Waals surface area contributed by atoms with Crippen molar-refractivity contribution >= 4 is 6.09 Å². The van der Waals surface area contributed by atoms with Gasteiger partial charge in [-0.05, 0) is 34.1 Å². The molecule has 3 rings (SSSR count). The van der Waals surface area contributed by atoms with Gasteiger partial charge < -0.3 is 14.7 Å². The minimum atomic E-state index is -3.45. The van der Waals surface area contributed by atoms with Crippen LogP contribution >= 0.6 is 0 Å². The van der Waals surface area contributed by atoms with Crippen LogP contribution in [0.5, 0.6) is 0 Å². The summed E-state index contributed by atoms with van der Waals surface area (Å²) in [4.78, 5) is 13.9. The number of halogens is 3. The van der Waals surface area contributed by atoms with E-state index in [2.05, 4.69) is 5.10 Å². The van der Waals surface area contributed by atoms with E-state index in [9.17, 15) is 23.1 Å². The predicted molar refractivity (Wildman–Crippen MR) is 91.2 cm³/mol. The highest BCUT2D eigenvalue weighted by molar-refractivity contribution is 5.69. The molecule has 9 heteroatoms. The SMILES string of the molecule is C[C@@H]1Cc2nn3c(c2CN1C(=O)OC(C)(C)C)C(F)(F)CC(O)(CF)CC3. The van der Waals surface area contributed by atoms with Crippen LogP contribution in [0.2, 0.25) is 0 Å². The van der Waals surface area contributed by atoms with E-state index in [0.29, 0.717) is 12.1 Å². The number of aliphatic hydroxyl groups is 1. The van der Waals surface area contributed by atoms with Gasteiger partial charge in [-0.3, -0.25) is 4.68 Å². The van der Waals surface area contributed by atoms with Crippen LogP contribution in [0, 0.1) is 0 Å². The number of aromatic nitrogens is 2. The van der Waals surface area contributed by atoms with Crippen LogP contribution in [0.25, 0.3) is 0 Å². The molecule has 1 aromatic rings. The highest BCUT2D eigenvalue weighted by atomic mass is 19.3. The normalized spacial score (nSPS) is 27.6. The quantitative estimate of drug-likeness (QED) is 0.801. The smallest absolute Gasteiger partial charge is 0.410 e. The molecule has 0 fully saturated rings. The Morgan fingerprint density at radius 3 is 2.67 bits per heavy atom. The minimum Gasteiger partial charge on any atom is -0.444 e. The molecule has 0 bridgehead atoms. The van der Waals surface area contributed by atoms with Crippen molar-refractivity contribution in [1.29, 1.82) is 0 Å². The van der Waals surface area contributed by atoms with E-state index in [4.69, 9.17) is 4.74 Å². The van der Waals surface area contributed by atoms with Gasteiger partial charge in [0.15, 0.2) is 0 Å². The number of nitrogens with zero attached hydrogens (tertiary/aromatic N) is 3. The Balaban J connectivity index is 1.96. The Morgan fingerprint density at radius 1 is 1.41 bits per heavy atom. The molecule has 27 heavy (non-hydrogen) atoms. The van der Waals surface area contributed by atoms with Gasteiger partial charge in [0.25, 0.3) is 5.92 Å². The molecule has 0 spiro atoms. The highest BCUT2D eigenvalue weighted by Crippen LogP contribution is 2.44. The fourth-order valence-corrected chi connectivity index (χ4v) is 3.74. The van der Waals surface area contributed by atoms with Crippen molar-refractivity contribution in [3.8, 4) is 0 Å². The molecule has 3 heterocycles. The van der Waals surface area contributed by atoms with E-state index in [0.717, 1.165) is 0 Å². The summed E-state index contributed by atoms with van der Waals surface area (Å²) in [5.74, 6) is -3.45. The second kappa shape index (κ2) is 6.39. The number of hydrogen-bond acceptors (Lipinski definition) is 4. The number of carbonyl (C=O) groups excluding carboxylic acids is 1. The Labute approximate surface area is 156 Å². The molecular weight excluding hydrogens is 363 g/mol. The lowest BCUT2D eigenvalue weighted by Gasteiger charge is -2.35. The van der Waals surface area contributed by atoms with Gasteiger partial charge in [-0.1, -0.05) is 0 Å². The van der Waals surface area contributed by atoms with Crippen molar-refractivity contribution in [2.75, 3.05) is 6.67 Å². The van der Waals surface area contributed by atoms with Crippen molar-refractivity contribution in [2.45, 2.75) is 83.2 Å². The van der Waals surface area contributed by atoms with Crippen LogP contribution in [0.3, 0.4) is 0 Å². The number of ether oxygens (including phenoxy) is 1. The third kappa shape index (κ3) is 3.79. The lowest BCUT2D eigenvalue weighted by Crippen LogP contribution is -2.45. The first kappa shape index (κ1) is 20.0. The molecule has 2 aliphatic heterocycles. The molecule has 1 unspecified atom stereocenters. The lowest BCUT2D eigenvalue weighted by molar-refractivity contribution is -0.102. The molecule has 0 radical (unpaired) electrons. The van der Waals surface area contributed by atoms with Gasteiger partial charge in [-0.2, -0.15) is 13.9 Å². The Bertz CT molecular complexity index is 744. The molecule has 2 aliphatic rings. The minimum absolute atomic E-state index is 0.000832. The molecule has 0 aromatic carbocycles. The highest BCUT2D eigenvalue weighted by Gasteiger charge is 2.50. The number of hydrogen-bond donors (Lipinski definition) is 1. The summed E-state index contributed by atoms with van der Waals surface area (Å²) in [5.41, 5.74) is -2.32. The Morgan fingerprint density at radius 2 is 2.07 bits per heavy atom. The molecule has 0 saturated heterocycles. The molecule has 1 N–H and O–H groups in total. The zero-order chi connectivity index (χ0) is 20.2. The second-order valence-electron chi connectivity index (χ2n) is 8.65. The largest absolute Gasteiger partial charge is 0.444 e. The molecule has 1 amide bonds. The van der Waals surface area contributed by atoms with Crippen LogP contribution in [0.15, 0.2) is 0 Å². The molecule has 2 atom stereocenters. The van der Waals surface area contributed by atoms with E-state index in [-0.39, 0.29) is 36.8 Å². The summed E-state index contributed by atoms with van der Waals surface area (Å²) in [6, 6.07) is -0.247. The van der Waals surface area contributed by atoms with Crippen LogP contribution in [-0.2, 0) is 30.2 Å². The fourth-order valence-electron chi connectivity index (χ4n) is 3.74. The fraction of sp³-hybridized carbons (Fsp3) is 0.778. The number of alkyl halides is 3. The van der Waals surface area contributed by atoms with Gasteiger partial charge in [0, 0.05) is 31.0 Å². The van der Waals surface area contributed by atoms with E-state index in [1.807, 2.05) is 6.92 Å². The van der Waals surface area contributed by atoms with Crippen molar-refractivity contribution < 1.29 is 27.8 Å². The first-order valence-corrected chi connectivity index (χ1v) is 9.10. The number of carbonyl (C=O) groups is 1. The molecule has 0 aliphatic carbocycles. The summed E-state index contributed by atoms with van der Waals surface area (Å²) < 4.78 is 49.6. The predicted octanol–water partition coefficient (Wildman–Crippen LogP) is 3.15. The summed E-state index contributed by atoms with van der Waals surface area (Å²) in [7, 11) is 0. The monoisotopic (exact) mass is 389 g/mol. The third-order valence-corrected chi connectivity index (χ3v) is 5.05. The van der Waals surface area contributed by atoms with Crippen LogP contribution in [-0.4, -0.2) is 49.8 Å². The standard InChI is InChI=1S/C18H26F3N3O3/c1-11-7-13-12(8-23(11)15(25)27-16(2,3)4)14-18(20,21)9-17(26,10-19)5-6-24(14)22-13/h11,26H,5-10H2,1-4H3/t11-,17?/m1/s1. The van der Waals surface area contributed by atoms with Crippen LogP contribution in [0.1, 0.15) is 57.5 Å². The molecular formula is C18H26F3N3O3. The number of aryl methyl sites for hydroxylation is 1. The van der Waals surface area contributed by atoms with E-state index in [1.54, 1.807) is 20.8 Å². The molecule has 1 aromatic heterocycles. The van der Waals surface area contributed by atoms with Gasteiger partial charge in [-0.15, -0.1) is 0 Å². The van der Waals surface area contributed by atoms with E-state index >= 15 is 0 Å². The summed E-state index contributed by atoms with van der Waals surface area (Å²) in [6.45, 7) is 5.74. The second-order valence-corrected chi connectivity index (χ2v) is 8.65. The number of fused-ring (bicyclic) bond motifs is 3. The van der Waals surface area contributed by atoms with Gasteiger partial charge >= 0.3 is 6.09 Å². The molecule has 152 valence electrons. The third-order valence-electron chi connectivity index (χ3n) is 5.05. The van der Waals surface area contributed by atoms with E-state index < -0.39 is 36.3 Å². The zero-order valence-electron chi connectivity index (χ0n) is 16.1. The topological polar surface area (TPSA) is 67.6 Å². The van der Waals surface area contributed by atoms with Crippen molar-refractivity contribution in [2.24, 2.45) is 0 Å². The van der Waals surface area contributed by atoms with Gasteiger partial charge in [0.1, 0.15) is 23.6 Å². The number of rotatable bonds is 1. The first-order chi connectivity index (χ1) is 12.4. The Hall–Kier alpha value is -1.77. The maximum absolute atomic E-state index is 14.9. The van der Waals surface area contributed by atoms with Gasteiger partial charge in [0.05, 0.1) is 12.2 Å². The van der Waals surface area contributed by atoms with E-state index in [1.165, 1.54) is 9.58 Å². The first-order valence-electron chi connectivity index (χ1n) is 9.10. The van der Waals surface area contributed by atoms with Gasteiger partial charge in [0.2, 0.25) is 0 Å². The van der Waals surface area contributed by atoms with Gasteiger partial charge in [-0.25, -0.2) is 9.18 Å². The molecule has 6 nitrogen and oxygen atoms in total. The summed E-state index contributed by atoms with van der Waals surface area (Å²) in [5, 5.41) is 14.4. The summed E-state index contributed by atoms with van der Waals surface area (Å²) in [6.07, 6.45) is -1.38. The lowest BCUT2D eigenvalue weighted by atomic mass is 9.91. The maximum atomic E-state index is 14.9. The maximum Gasteiger partial charge on any atom is 0.410 e. The summed E-state index contributed by atoms with van der Waals surface area (Å²) >= 11 is 0. The number of amides is 1. The van der Waals surface area contributed by atoms with Crippen molar-refractivity contribution in [1.82, 2.24) is 14.7 Å².